The zero-order valence-corrected chi connectivity index (χ0v) is 22.2. The fourth-order valence-electron chi connectivity index (χ4n) is 3.56. The van der Waals surface area contributed by atoms with E-state index >= 15 is 0 Å². The van der Waals surface area contributed by atoms with E-state index in [1.165, 1.54) is 32.3 Å². The summed E-state index contributed by atoms with van der Waals surface area (Å²) in [5.74, 6) is 0.333. The van der Waals surface area contributed by atoms with Crippen LogP contribution in [-0.4, -0.2) is 45.9 Å². The second-order valence-electron chi connectivity index (χ2n) is 8.27. The summed E-state index contributed by atoms with van der Waals surface area (Å²) in [5, 5.41) is 2.87. The van der Waals surface area contributed by atoms with Gasteiger partial charge in [-0.2, -0.15) is 12.7 Å². The van der Waals surface area contributed by atoms with Gasteiger partial charge in [-0.15, -0.1) is 0 Å². The average Bonchev–Trinajstić information content (AvgIpc) is 2.88. The third-order valence-corrected chi connectivity index (χ3v) is 7.27. The van der Waals surface area contributed by atoms with Crippen molar-refractivity contribution in [3.05, 3.63) is 89.2 Å². The number of halogens is 1. The van der Waals surface area contributed by atoms with Crippen molar-refractivity contribution in [3.8, 4) is 11.5 Å². The molecule has 10 heteroatoms. The lowest BCUT2D eigenvalue weighted by Gasteiger charge is -2.27. The molecule has 198 valence electrons. The highest BCUT2D eigenvalue weighted by molar-refractivity contribution is 7.90. The molecule has 0 bridgehead atoms. The molecule has 3 aromatic carbocycles. The highest BCUT2D eigenvalue weighted by Crippen LogP contribution is 2.29. The van der Waals surface area contributed by atoms with E-state index in [-0.39, 0.29) is 24.7 Å². The fourth-order valence-corrected chi connectivity index (χ4v) is 4.66. The van der Waals surface area contributed by atoms with Crippen LogP contribution in [0, 0.1) is 5.82 Å². The maximum absolute atomic E-state index is 14.5. The monoisotopic (exact) mass is 529 g/mol. The fraction of sp³-hybridized carbons (Fsp3) is 0.296. The Balaban J connectivity index is 1.72. The Morgan fingerprint density at radius 1 is 0.892 bits per heavy atom. The van der Waals surface area contributed by atoms with Crippen LogP contribution < -0.4 is 19.1 Å². The van der Waals surface area contributed by atoms with Gasteiger partial charge in [0.1, 0.15) is 5.82 Å². The SMILES string of the molecule is CCOc1ccc(CNC(=O)c2ccc(CN(c3ccccc3F)S(=O)(=O)N(C)C)cc2)cc1OCC. The first-order valence-electron chi connectivity index (χ1n) is 11.9. The molecule has 1 N–H and O–H groups in total. The predicted molar refractivity (Wildman–Crippen MR) is 142 cm³/mol. The number of nitrogens with zero attached hydrogens (tertiary/aromatic N) is 2. The molecule has 8 nitrogen and oxygen atoms in total. The number of hydrogen-bond acceptors (Lipinski definition) is 5. The van der Waals surface area contributed by atoms with Gasteiger partial charge in [-0.05, 0) is 61.4 Å². The van der Waals surface area contributed by atoms with Gasteiger partial charge in [0, 0.05) is 26.2 Å². The summed E-state index contributed by atoms with van der Waals surface area (Å²) < 4.78 is 53.5. The highest BCUT2D eigenvalue weighted by atomic mass is 32.2. The second kappa shape index (κ2) is 12.6. The third kappa shape index (κ3) is 6.99. The molecule has 0 saturated carbocycles. The van der Waals surface area contributed by atoms with Gasteiger partial charge in [-0.3, -0.25) is 9.10 Å². The summed E-state index contributed by atoms with van der Waals surface area (Å²) >= 11 is 0. The van der Waals surface area contributed by atoms with E-state index in [1.807, 2.05) is 32.0 Å². The molecule has 0 heterocycles. The number of carbonyl (C=O) groups is 1. The minimum atomic E-state index is -3.96. The summed E-state index contributed by atoms with van der Waals surface area (Å²) in [6.45, 7) is 4.98. The van der Waals surface area contributed by atoms with Gasteiger partial charge >= 0.3 is 10.2 Å². The van der Waals surface area contributed by atoms with E-state index in [2.05, 4.69) is 5.32 Å². The van der Waals surface area contributed by atoms with Crippen LogP contribution in [0.15, 0.2) is 66.7 Å². The van der Waals surface area contributed by atoms with Crippen molar-refractivity contribution in [3.63, 3.8) is 0 Å². The summed E-state index contributed by atoms with van der Waals surface area (Å²) in [4.78, 5) is 12.7. The van der Waals surface area contributed by atoms with Crippen LogP contribution in [0.4, 0.5) is 10.1 Å². The van der Waals surface area contributed by atoms with Crippen molar-refractivity contribution >= 4 is 21.8 Å². The smallest absolute Gasteiger partial charge is 0.303 e. The Morgan fingerprint density at radius 3 is 2.14 bits per heavy atom. The van der Waals surface area contributed by atoms with Crippen LogP contribution in [0.3, 0.4) is 0 Å². The lowest BCUT2D eigenvalue weighted by molar-refractivity contribution is 0.0951. The summed E-state index contributed by atoms with van der Waals surface area (Å²) in [5.41, 5.74) is 1.80. The van der Waals surface area contributed by atoms with Gasteiger partial charge in [-0.1, -0.05) is 30.3 Å². The normalized spacial score (nSPS) is 11.3. The largest absolute Gasteiger partial charge is 0.490 e. The highest BCUT2D eigenvalue weighted by Gasteiger charge is 2.27. The van der Waals surface area contributed by atoms with Crippen LogP contribution in [0.5, 0.6) is 11.5 Å². The minimum Gasteiger partial charge on any atom is -0.490 e. The number of hydrogen-bond donors (Lipinski definition) is 1. The molecule has 3 rings (SSSR count). The number of anilines is 1. The third-order valence-electron chi connectivity index (χ3n) is 5.46. The number of rotatable bonds is 12. The van der Waals surface area contributed by atoms with Crippen molar-refractivity contribution in [2.24, 2.45) is 0 Å². The number of carbonyl (C=O) groups excluding carboxylic acids is 1. The molecule has 1 amide bonds. The first kappa shape index (κ1) is 27.9. The summed E-state index contributed by atoms with van der Waals surface area (Å²) in [6.07, 6.45) is 0. The van der Waals surface area contributed by atoms with E-state index in [0.717, 1.165) is 14.2 Å². The number of ether oxygens (including phenoxy) is 2. The molecule has 0 spiro atoms. The first-order chi connectivity index (χ1) is 17.7. The van der Waals surface area contributed by atoms with Crippen LogP contribution in [0.2, 0.25) is 0 Å². The molecular weight excluding hydrogens is 497 g/mol. The summed E-state index contributed by atoms with van der Waals surface area (Å²) in [6, 6.07) is 17.7. The number of amides is 1. The standard InChI is InChI=1S/C27H32FN3O5S/c1-5-35-25-16-13-21(17-26(25)36-6-2)18-29-27(32)22-14-11-20(12-15-22)19-31(37(33,34)30(3)4)24-10-8-7-9-23(24)28/h7-17H,5-6,18-19H2,1-4H3,(H,29,32). The molecule has 0 fully saturated rings. The van der Waals surface area contributed by atoms with Gasteiger partial charge in [0.15, 0.2) is 11.5 Å². The molecule has 0 unspecified atom stereocenters. The lowest BCUT2D eigenvalue weighted by atomic mass is 10.1. The first-order valence-corrected chi connectivity index (χ1v) is 13.3. The van der Waals surface area contributed by atoms with E-state index < -0.39 is 16.0 Å². The molecule has 0 aliphatic rings. The van der Waals surface area contributed by atoms with Crippen molar-refractivity contribution in [1.29, 1.82) is 0 Å². The Hall–Kier alpha value is -3.63. The van der Waals surface area contributed by atoms with Gasteiger partial charge in [0.25, 0.3) is 5.91 Å². The van der Waals surface area contributed by atoms with Crippen LogP contribution in [-0.2, 0) is 23.3 Å². The van der Waals surface area contributed by atoms with Gasteiger partial charge in [-0.25, -0.2) is 4.39 Å². The molecule has 3 aromatic rings. The quantitative estimate of drug-likeness (QED) is 0.377. The lowest BCUT2D eigenvalue weighted by Crippen LogP contribution is -2.40. The molecule has 0 aromatic heterocycles. The van der Waals surface area contributed by atoms with Crippen molar-refractivity contribution < 1.29 is 27.1 Å². The maximum atomic E-state index is 14.5. The predicted octanol–water partition coefficient (Wildman–Crippen LogP) is 4.37. The Bertz CT molecular complexity index is 1310. The van der Waals surface area contributed by atoms with Crippen LogP contribution >= 0.6 is 0 Å². The van der Waals surface area contributed by atoms with Crippen molar-refractivity contribution in [2.45, 2.75) is 26.9 Å². The maximum Gasteiger partial charge on any atom is 0.303 e. The van der Waals surface area contributed by atoms with Gasteiger partial charge < -0.3 is 14.8 Å². The molecule has 0 aliphatic carbocycles. The second-order valence-corrected chi connectivity index (χ2v) is 10.3. The molecule has 37 heavy (non-hydrogen) atoms. The Labute approximate surface area is 217 Å². The molecule has 0 aliphatic heterocycles. The van der Waals surface area contributed by atoms with Gasteiger partial charge in [0.2, 0.25) is 0 Å². The Morgan fingerprint density at radius 2 is 1.51 bits per heavy atom. The molecule has 0 radical (unpaired) electrons. The molecule has 0 atom stereocenters. The molecular formula is C27H32FN3O5S. The number of benzene rings is 3. The number of nitrogens with one attached hydrogen (secondary N) is 1. The van der Waals surface area contributed by atoms with E-state index in [1.54, 1.807) is 30.3 Å². The van der Waals surface area contributed by atoms with Crippen molar-refractivity contribution in [1.82, 2.24) is 9.62 Å². The van der Waals surface area contributed by atoms with Gasteiger partial charge in [0.05, 0.1) is 25.4 Å². The van der Waals surface area contributed by atoms with Crippen LogP contribution in [0.25, 0.3) is 0 Å². The summed E-state index contributed by atoms with van der Waals surface area (Å²) in [7, 11) is -1.19. The van der Waals surface area contributed by atoms with Crippen molar-refractivity contribution in [2.75, 3.05) is 31.6 Å². The molecule has 0 saturated heterocycles. The topological polar surface area (TPSA) is 88.2 Å². The zero-order valence-electron chi connectivity index (χ0n) is 21.4. The van der Waals surface area contributed by atoms with Crippen LogP contribution in [0.1, 0.15) is 35.3 Å². The van der Waals surface area contributed by atoms with E-state index in [9.17, 15) is 17.6 Å². The minimum absolute atomic E-state index is 0.0557. The average molecular weight is 530 g/mol. The Kier molecular flexibility index (Phi) is 9.48. The zero-order chi connectivity index (χ0) is 27.0. The number of para-hydroxylation sites is 1. The van der Waals surface area contributed by atoms with E-state index in [0.29, 0.717) is 35.8 Å². The van der Waals surface area contributed by atoms with E-state index in [4.69, 9.17) is 9.47 Å².